The molecule has 1 atom stereocenters. The number of hydrogen-bond acceptors (Lipinski definition) is 5. The number of carbonyl (C=O) groups is 1. The number of carbonyl (C=O) groups excluding carboxylic acids is 1. The summed E-state index contributed by atoms with van der Waals surface area (Å²) in [6.45, 7) is 3.91. The minimum absolute atomic E-state index is 0.0449. The summed E-state index contributed by atoms with van der Waals surface area (Å²) in [6, 6.07) is 0. The maximum absolute atomic E-state index is 11.8. The van der Waals surface area contributed by atoms with Crippen LogP contribution < -0.4 is 0 Å². The highest BCUT2D eigenvalue weighted by Gasteiger charge is 2.64. The van der Waals surface area contributed by atoms with Gasteiger partial charge in [-0.25, -0.2) is 0 Å². The van der Waals surface area contributed by atoms with Crippen LogP contribution in [0.25, 0.3) is 0 Å². The Hall–Kier alpha value is -0.910. The molecule has 0 unspecified atom stereocenters. The molecule has 2 fully saturated rings. The van der Waals surface area contributed by atoms with E-state index < -0.39 is 11.4 Å². The minimum Gasteiger partial charge on any atom is -0.475 e. The number of rotatable bonds is 3. The Balaban J connectivity index is 1.92. The second-order valence-electron chi connectivity index (χ2n) is 4.56. The number of Topliss-reactive ketones (excluding diaryl/α,β-unsaturated/α-hetero) is 1. The highest BCUT2D eigenvalue weighted by atomic mass is 16.8. The van der Waals surface area contributed by atoms with Crippen molar-refractivity contribution in [2.24, 2.45) is 0 Å². The first kappa shape index (κ1) is 11.2. The van der Waals surface area contributed by atoms with Crippen LogP contribution >= 0.6 is 0 Å². The summed E-state index contributed by atoms with van der Waals surface area (Å²) in [4.78, 5) is 11.8. The average Bonchev–Trinajstić information content (AvgIpc) is 2.92. The van der Waals surface area contributed by atoms with E-state index in [1.165, 1.54) is 0 Å². The van der Waals surface area contributed by atoms with Crippen LogP contribution in [0.1, 0.15) is 19.8 Å². The Morgan fingerprint density at radius 2 is 2.18 bits per heavy atom. The Kier molecular flexibility index (Phi) is 2.50. The van der Waals surface area contributed by atoms with E-state index in [2.05, 4.69) is 0 Å². The second-order valence-corrected chi connectivity index (χ2v) is 4.56. The molecule has 0 saturated carbocycles. The van der Waals surface area contributed by atoms with Gasteiger partial charge in [0.15, 0.2) is 11.4 Å². The molecule has 3 rings (SSSR count). The quantitative estimate of drug-likeness (QED) is 0.729. The largest absolute Gasteiger partial charge is 0.475 e. The summed E-state index contributed by atoms with van der Waals surface area (Å²) in [5, 5.41) is 0. The molecule has 0 N–H and O–H groups in total. The molecule has 17 heavy (non-hydrogen) atoms. The molecule has 2 bridgehead atoms. The fourth-order valence-electron chi connectivity index (χ4n) is 2.70. The molecule has 3 aliphatic rings. The van der Waals surface area contributed by atoms with Gasteiger partial charge in [0.1, 0.15) is 0 Å². The number of allylic oxidation sites excluding steroid dienone is 1. The molecular weight excluding hydrogens is 224 g/mol. The van der Waals surface area contributed by atoms with E-state index in [4.69, 9.17) is 18.9 Å². The van der Waals surface area contributed by atoms with E-state index in [1.807, 2.05) is 13.0 Å². The monoisotopic (exact) mass is 240 g/mol. The molecule has 0 amide bonds. The van der Waals surface area contributed by atoms with Crippen LogP contribution in [0.4, 0.5) is 0 Å². The van der Waals surface area contributed by atoms with Gasteiger partial charge in [0, 0.05) is 13.0 Å². The van der Waals surface area contributed by atoms with Gasteiger partial charge in [0.25, 0.3) is 0 Å². The van der Waals surface area contributed by atoms with E-state index >= 15 is 0 Å². The standard InChI is InChI=1S/C12H16O5/c1-2-14-8-11-4-3-10(17-11)9(13)7-12(11)15-5-6-16-12/h3H,2,4-8H2,1H3/t11-/m0/s1. The van der Waals surface area contributed by atoms with Gasteiger partial charge in [-0.2, -0.15) is 0 Å². The van der Waals surface area contributed by atoms with Gasteiger partial charge in [-0.1, -0.05) is 0 Å². The van der Waals surface area contributed by atoms with Crippen LogP contribution in [0.2, 0.25) is 0 Å². The molecular formula is C12H16O5. The van der Waals surface area contributed by atoms with Crippen molar-refractivity contribution in [1.82, 2.24) is 0 Å². The molecule has 0 aromatic carbocycles. The van der Waals surface area contributed by atoms with Crippen molar-refractivity contribution in [3.05, 3.63) is 11.8 Å². The van der Waals surface area contributed by atoms with Crippen molar-refractivity contribution < 1.29 is 23.7 Å². The van der Waals surface area contributed by atoms with E-state index in [0.29, 0.717) is 38.6 Å². The van der Waals surface area contributed by atoms with Crippen LogP contribution in [0.5, 0.6) is 0 Å². The minimum atomic E-state index is -0.949. The third kappa shape index (κ3) is 1.46. The van der Waals surface area contributed by atoms with Gasteiger partial charge in [-0.15, -0.1) is 0 Å². The first-order valence-corrected chi connectivity index (χ1v) is 5.99. The smallest absolute Gasteiger partial charge is 0.219 e. The van der Waals surface area contributed by atoms with Crippen LogP contribution in [0, 0.1) is 0 Å². The molecule has 0 aliphatic carbocycles. The summed E-state index contributed by atoms with van der Waals surface area (Å²) in [5.74, 6) is -0.554. The number of ether oxygens (including phenoxy) is 4. The zero-order valence-corrected chi connectivity index (χ0v) is 9.86. The molecule has 3 aliphatic heterocycles. The Morgan fingerprint density at radius 3 is 2.88 bits per heavy atom. The van der Waals surface area contributed by atoms with Gasteiger partial charge in [0.2, 0.25) is 11.6 Å². The summed E-state index contributed by atoms with van der Waals surface area (Å²) in [7, 11) is 0. The lowest BCUT2D eigenvalue weighted by molar-refractivity contribution is -0.289. The zero-order chi connectivity index (χ0) is 11.9. The molecule has 2 saturated heterocycles. The molecule has 0 aromatic rings. The predicted molar refractivity (Wildman–Crippen MR) is 57.3 cm³/mol. The maximum Gasteiger partial charge on any atom is 0.219 e. The van der Waals surface area contributed by atoms with Crippen LogP contribution in [0.3, 0.4) is 0 Å². The van der Waals surface area contributed by atoms with Gasteiger partial charge in [0.05, 0.1) is 26.2 Å². The lowest BCUT2D eigenvalue weighted by atomic mass is 9.87. The molecule has 5 heteroatoms. The first-order chi connectivity index (χ1) is 8.21. The SMILES string of the molecule is CCOC[C@]12CC=C(O1)C(=O)CC21OCCO1. The predicted octanol–water partition coefficient (Wildman–Crippen LogP) is 0.782. The lowest BCUT2D eigenvalue weighted by Crippen LogP contribution is -2.61. The molecule has 94 valence electrons. The van der Waals surface area contributed by atoms with Crippen molar-refractivity contribution in [3.8, 4) is 0 Å². The van der Waals surface area contributed by atoms with Crippen molar-refractivity contribution >= 4 is 5.78 Å². The summed E-state index contributed by atoms with van der Waals surface area (Å²) < 4.78 is 22.7. The summed E-state index contributed by atoms with van der Waals surface area (Å²) in [5.41, 5.74) is -0.678. The van der Waals surface area contributed by atoms with Crippen molar-refractivity contribution in [2.75, 3.05) is 26.4 Å². The highest BCUT2D eigenvalue weighted by Crippen LogP contribution is 2.49. The Labute approximate surface area is 99.7 Å². The number of ketones is 1. The van der Waals surface area contributed by atoms with Crippen LogP contribution in [-0.2, 0) is 23.7 Å². The summed E-state index contributed by atoms with van der Waals surface area (Å²) in [6.07, 6.45) is 2.65. The molecule has 1 spiro atoms. The van der Waals surface area contributed by atoms with Gasteiger partial charge in [-0.05, 0) is 13.0 Å². The van der Waals surface area contributed by atoms with Crippen molar-refractivity contribution in [1.29, 1.82) is 0 Å². The van der Waals surface area contributed by atoms with Gasteiger partial charge < -0.3 is 18.9 Å². The normalized spacial score (nSPS) is 33.9. The third-order valence-electron chi connectivity index (χ3n) is 3.58. The second kappa shape index (κ2) is 3.80. The van der Waals surface area contributed by atoms with Crippen LogP contribution in [0.15, 0.2) is 11.8 Å². The van der Waals surface area contributed by atoms with Gasteiger partial charge >= 0.3 is 0 Å². The van der Waals surface area contributed by atoms with Crippen LogP contribution in [-0.4, -0.2) is 43.6 Å². The topological polar surface area (TPSA) is 54.0 Å². The number of fused-ring (bicyclic) bond motifs is 3. The van der Waals surface area contributed by atoms with E-state index in [9.17, 15) is 4.79 Å². The van der Waals surface area contributed by atoms with E-state index in [-0.39, 0.29) is 12.2 Å². The maximum atomic E-state index is 11.8. The molecule has 3 heterocycles. The zero-order valence-electron chi connectivity index (χ0n) is 9.86. The Morgan fingerprint density at radius 1 is 1.41 bits per heavy atom. The van der Waals surface area contributed by atoms with E-state index in [0.717, 1.165) is 0 Å². The average molecular weight is 240 g/mol. The van der Waals surface area contributed by atoms with Crippen molar-refractivity contribution in [2.45, 2.75) is 31.2 Å². The fourth-order valence-corrected chi connectivity index (χ4v) is 2.70. The Bertz CT molecular complexity index is 369. The molecule has 0 aromatic heterocycles. The van der Waals surface area contributed by atoms with E-state index in [1.54, 1.807) is 0 Å². The highest BCUT2D eigenvalue weighted by molar-refractivity contribution is 5.95. The number of hydrogen-bond donors (Lipinski definition) is 0. The first-order valence-electron chi connectivity index (χ1n) is 5.99. The third-order valence-corrected chi connectivity index (χ3v) is 3.58. The molecule has 0 radical (unpaired) electrons. The fraction of sp³-hybridized carbons (Fsp3) is 0.750. The van der Waals surface area contributed by atoms with Crippen molar-refractivity contribution in [3.63, 3.8) is 0 Å². The summed E-state index contributed by atoms with van der Waals surface area (Å²) >= 11 is 0. The van der Waals surface area contributed by atoms with Gasteiger partial charge in [-0.3, -0.25) is 4.79 Å². The molecule has 5 nitrogen and oxygen atoms in total. The lowest BCUT2D eigenvalue weighted by Gasteiger charge is -2.45.